The first-order valence-electron chi connectivity index (χ1n) is 8.62. The molecule has 11 heteroatoms. The topological polar surface area (TPSA) is 144 Å². The van der Waals surface area contributed by atoms with Crippen LogP contribution in [-0.2, 0) is 17.4 Å². The van der Waals surface area contributed by atoms with Crippen molar-refractivity contribution < 1.29 is 14.4 Å². The molecule has 11 nitrogen and oxygen atoms in total. The summed E-state index contributed by atoms with van der Waals surface area (Å²) in [5.74, 6) is -0.798. The number of imidazole rings is 1. The van der Waals surface area contributed by atoms with Gasteiger partial charge in [0.15, 0.2) is 5.54 Å². The van der Waals surface area contributed by atoms with Crippen LogP contribution in [0.2, 0.25) is 0 Å². The third kappa shape index (κ3) is 3.29. The molecule has 3 aromatic rings. The van der Waals surface area contributed by atoms with Gasteiger partial charge in [-0.3, -0.25) is 29.9 Å². The molecule has 1 fully saturated rings. The highest BCUT2D eigenvalue weighted by atomic mass is 16.2. The average Bonchev–Trinajstić information content (AvgIpc) is 3.29. The predicted octanol–water partition coefficient (Wildman–Crippen LogP) is -0.263. The third-order valence-corrected chi connectivity index (χ3v) is 4.51. The first-order chi connectivity index (χ1) is 14.0. The lowest BCUT2D eigenvalue weighted by Crippen LogP contribution is -2.54. The largest absolute Gasteiger partial charge is 0.347 e. The highest BCUT2D eigenvalue weighted by Crippen LogP contribution is 2.22. The molecule has 0 aliphatic carbocycles. The van der Waals surface area contributed by atoms with Crippen molar-refractivity contribution in [2.75, 3.05) is 6.54 Å². The van der Waals surface area contributed by atoms with Crippen LogP contribution >= 0.6 is 0 Å². The number of pyridine rings is 1. The molecule has 4 amide bonds. The molecule has 146 valence electrons. The van der Waals surface area contributed by atoms with Crippen LogP contribution < -0.4 is 16.0 Å². The second kappa shape index (κ2) is 7.11. The molecule has 1 unspecified atom stereocenters. The zero-order chi connectivity index (χ0) is 20.4. The lowest BCUT2D eigenvalue weighted by atomic mass is 9.98. The van der Waals surface area contributed by atoms with Crippen LogP contribution in [0, 0.1) is 0 Å². The summed E-state index contributed by atoms with van der Waals surface area (Å²) in [5.41, 5.74) is -0.0187. The number of aryl methyl sites for hydroxylation is 1. The molecular formula is C18H16N8O3. The Labute approximate surface area is 164 Å². The van der Waals surface area contributed by atoms with Crippen molar-refractivity contribution in [3.63, 3.8) is 0 Å². The Morgan fingerprint density at radius 2 is 2.00 bits per heavy atom. The molecule has 1 atom stereocenters. The SMILES string of the molecule is Cn1ccnc1C1(CNC(=O)c2ccc(-c3cnccn3)cn2)NC(=O)NC1=O. The van der Waals surface area contributed by atoms with E-state index in [4.69, 9.17) is 0 Å². The Kier molecular flexibility index (Phi) is 4.47. The molecule has 4 rings (SSSR count). The average molecular weight is 392 g/mol. The molecule has 1 aliphatic rings. The maximum atomic E-state index is 12.6. The number of carbonyl (C=O) groups excluding carboxylic acids is 3. The van der Waals surface area contributed by atoms with Crippen LogP contribution in [0.3, 0.4) is 0 Å². The zero-order valence-corrected chi connectivity index (χ0v) is 15.3. The van der Waals surface area contributed by atoms with Gasteiger partial charge in [0.05, 0.1) is 18.4 Å². The Hall–Kier alpha value is -4.15. The second-order valence-corrected chi connectivity index (χ2v) is 6.38. The summed E-state index contributed by atoms with van der Waals surface area (Å²) in [7, 11) is 1.69. The van der Waals surface area contributed by atoms with E-state index in [1.165, 1.54) is 12.4 Å². The number of nitrogens with zero attached hydrogens (tertiary/aromatic N) is 5. The van der Waals surface area contributed by atoms with Crippen LogP contribution in [0.5, 0.6) is 0 Å². The Morgan fingerprint density at radius 1 is 1.14 bits per heavy atom. The van der Waals surface area contributed by atoms with E-state index in [0.717, 1.165) is 0 Å². The van der Waals surface area contributed by atoms with Gasteiger partial charge in [0, 0.05) is 43.6 Å². The highest BCUT2D eigenvalue weighted by molar-refractivity contribution is 6.07. The number of carbonyl (C=O) groups is 3. The Bertz CT molecular complexity index is 1080. The lowest BCUT2D eigenvalue weighted by molar-refractivity contribution is -0.124. The standard InChI is InChI=1S/C18H16N8O3/c1-26-7-6-21-15(26)18(16(28)24-17(29)25-18)10-23-14(27)12-3-2-11(8-22-12)13-9-19-4-5-20-13/h2-9H,10H2,1H3,(H,23,27)(H2,24,25,28,29). The van der Waals surface area contributed by atoms with Gasteiger partial charge >= 0.3 is 6.03 Å². The van der Waals surface area contributed by atoms with Gasteiger partial charge in [-0.15, -0.1) is 0 Å². The van der Waals surface area contributed by atoms with Crippen molar-refractivity contribution >= 4 is 17.8 Å². The fraction of sp³-hybridized carbons (Fsp3) is 0.167. The van der Waals surface area contributed by atoms with Crippen LogP contribution in [0.1, 0.15) is 16.3 Å². The molecule has 0 spiro atoms. The first kappa shape index (κ1) is 18.2. The summed E-state index contributed by atoms with van der Waals surface area (Å²) >= 11 is 0. The van der Waals surface area contributed by atoms with E-state index in [1.54, 1.807) is 48.5 Å². The number of nitrogens with one attached hydrogen (secondary N) is 3. The van der Waals surface area contributed by atoms with E-state index >= 15 is 0 Å². The van der Waals surface area contributed by atoms with E-state index in [9.17, 15) is 14.4 Å². The Morgan fingerprint density at radius 3 is 2.59 bits per heavy atom. The van der Waals surface area contributed by atoms with Crippen molar-refractivity contribution in [3.8, 4) is 11.3 Å². The summed E-state index contributed by atoms with van der Waals surface area (Å²) in [6.07, 6.45) is 9.38. The first-order valence-corrected chi connectivity index (χ1v) is 8.62. The lowest BCUT2D eigenvalue weighted by Gasteiger charge is -2.25. The van der Waals surface area contributed by atoms with Crippen molar-refractivity contribution in [1.82, 2.24) is 40.5 Å². The fourth-order valence-corrected chi connectivity index (χ4v) is 3.06. The third-order valence-electron chi connectivity index (χ3n) is 4.51. The molecule has 1 aliphatic heterocycles. The van der Waals surface area contributed by atoms with Crippen LogP contribution in [0.4, 0.5) is 4.79 Å². The minimum absolute atomic E-state index is 0.150. The normalized spacial score (nSPS) is 18.2. The maximum absolute atomic E-state index is 12.6. The molecule has 3 aromatic heterocycles. The van der Waals surface area contributed by atoms with Crippen molar-refractivity contribution in [3.05, 3.63) is 60.8 Å². The molecule has 4 heterocycles. The molecule has 3 N–H and O–H groups in total. The number of aromatic nitrogens is 5. The predicted molar refractivity (Wildman–Crippen MR) is 99.2 cm³/mol. The van der Waals surface area contributed by atoms with E-state index in [0.29, 0.717) is 17.1 Å². The van der Waals surface area contributed by atoms with E-state index < -0.39 is 23.4 Å². The summed E-state index contributed by atoms with van der Waals surface area (Å²) in [5, 5.41) is 7.40. The van der Waals surface area contributed by atoms with Gasteiger partial charge in [-0.25, -0.2) is 9.78 Å². The van der Waals surface area contributed by atoms with E-state index in [-0.39, 0.29) is 12.2 Å². The van der Waals surface area contributed by atoms with Gasteiger partial charge in [0.25, 0.3) is 11.8 Å². The van der Waals surface area contributed by atoms with E-state index in [1.807, 2.05) is 0 Å². The molecule has 0 radical (unpaired) electrons. The quantitative estimate of drug-likeness (QED) is 0.507. The van der Waals surface area contributed by atoms with Gasteiger partial charge in [-0.05, 0) is 12.1 Å². The molecular weight excluding hydrogens is 376 g/mol. The number of hydrogen-bond donors (Lipinski definition) is 3. The summed E-state index contributed by atoms with van der Waals surface area (Å²) in [4.78, 5) is 53.3. The van der Waals surface area contributed by atoms with Gasteiger partial charge in [0.1, 0.15) is 11.5 Å². The number of imide groups is 1. The van der Waals surface area contributed by atoms with Crippen LogP contribution in [-0.4, -0.2) is 48.9 Å². The summed E-state index contributed by atoms with van der Waals surface area (Å²) in [6, 6.07) is 2.59. The van der Waals surface area contributed by atoms with Gasteiger partial charge < -0.3 is 15.2 Å². The highest BCUT2D eigenvalue weighted by Gasteiger charge is 2.50. The second-order valence-electron chi connectivity index (χ2n) is 6.38. The van der Waals surface area contributed by atoms with Gasteiger partial charge in [0.2, 0.25) is 0 Å². The monoisotopic (exact) mass is 392 g/mol. The van der Waals surface area contributed by atoms with Crippen molar-refractivity contribution in [1.29, 1.82) is 0 Å². The van der Waals surface area contributed by atoms with E-state index in [2.05, 4.69) is 35.9 Å². The summed E-state index contributed by atoms with van der Waals surface area (Å²) < 4.78 is 1.60. The zero-order valence-electron chi connectivity index (χ0n) is 15.3. The fourth-order valence-electron chi connectivity index (χ4n) is 3.06. The molecule has 29 heavy (non-hydrogen) atoms. The minimum Gasteiger partial charge on any atom is -0.347 e. The van der Waals surface area contributed by atoms with Gasteiger partial charge in [-0.2, -0.15) is 0 Å². The molecule has 0 aromatic carbocycles. The smallest absolute Gasteiger partial charge is 0.322 e. The number of amides is 4. The Balaban J connectivity index is 1.53. The minimum atomic E-state index is -1.51. The number of urea groups is 1. The van der Waals surface area contributed by atoms with Crippen LogP contribution in [0.15, 0.2) is 49.3 Å². The van der Waals surface area contributed by atoms with Gasteiger partial charge in [-0.1, -0.05) is 0 Å². The van der Waals surface area contributed by atoms with Crippen molar-refractivity contribution in [2.24, 2.45) is 7.05 Å². The maximum Gasteiger partial charge on any atom is 0.322 e. The van der Waals surface area contributed by atoms with Crippen LogP contribution in [0.25, 0.3) is 11.3 Å². The molecule has 0 bridgehead atoms. The molecule has 0 saturated carbocycles. The van der Waals surface area contributed by atoms with Crippen molar-refractivity contribution in [2.45, 2.75) is 5.54 Å². The number of rotatable bonds is 5. The summed E-state index contributed by atoms with van der Waals surface area (Å²) in [6.45, 7) is -0.193. The number of hydrogen-bond acceptors (Lipinski definition) is 7. The molecule has 1 saturated heterocycles.